The molecule has 1 nitrogen and oxygen atoms in total. The van der Waals surface area contributed by atoms with Gasteiger partial charge in [0.2, 0.25) is 0 Å². The standard InChI is InChI=1S/C14H16FN/c1-10(2)11-7-14(8-11,9-16)12-4-3-5-13(15)6-12/h3-6,10-11H,7-8H2,1-2H3/t11-,14-. The molecule has 0 amide bonds. The number of hydrogen-bond donors (Lipinski definition) is 0. The second-order valence-electron chi connectivity index (χ2n) is 5.12. The molecule has 1 aromatic carbocycles. The number of nitriles is 1. The molecular formula is C14H16FN. The first kappa shape index (κ1) is 11.1. The van der Waals surface area contributed by atoms with E-state index in [1.165, 1.54) is 12.1 Å². The van der Waals surface area contributed by atoms with Crippen molar-refractivity contribution in [1.82, 2.24) is 0 Å². The summed E-state index contributed by atoms with van der Waals surface area (Å²) in [6.07, 6.45) is 1.73. The number of halogens is 1. The van der Waals surface area contributed by atoms with Gasteiger partial charge in [-0.15, -0.1) is 0 Å². The van der Waals surface area contributed by atoms with Gasteiger partial charge in [0.1, 0.15) is 5.82 Å². The van der Waals surface area contributed by atoms with Crippen molar-refractivity contribution in [1.29, 1.82) is 5.26 Å². The van der Waals surface area contributed by atoms with Crippen molar-refractivity contribution in [3.63, 3.8) is 0 Å². The first-order chi connectivity index (χ1) is 7.57. The molecule has 0 heterocycles. The predicted molar refractivity (Wildman–Crippen MR) is 61.3 cm³/mol. The van der Waals surface area contributed by atoms with Gasteiger partial charge in [-0.3, -0.25) is 0 Å². The zero-order valence-corrected chi connectivity index (χ0v) is 9.70. The van der Waals surface area contributed by atoms with Crippen molar-refractivity contribution in [2.24, 2.45) is 11.8 Å². The third kappa shape index (κ3) is 1.71. The maximum absolute atomic E-state index is 13.1. The lowest BCUT2D eigenvalue weighted by Gasteiger charge is -2.45. The van der Waals surface area contributed by atoms with Crippen LogP contribution in [0.4, 0.5) is 4.39 Å². The van der Waals surface area contributed by atoms with Crippen molar-refractivity contribution in [3.05, 3.63) is 35.6 Å². The van der Waals surface area contributed by atoms with Crippen LogP contribution in [-0.4, -0.2) is 0 Å². The Bertz CT molecular complexity index is 425. The third-order valence-electron chi connectivity index (χ3n) is 3.76. The molecule has 0 radical (unpaired) electrons. The molecule has 0 spiro atoms. The smallest absolute Gasteiger partial charge is 0.123 e. The lowest BCUT2D eigenvalue weighted by atomic mass is 9.56. The van der Waals surface area contributed by atoms with Crippen LogP contribution in [0.25, 0.3) is 0 Å². The lowest BCUT2D eigenvalue weighted by Crippen LogP contribution is -2.42. The van der Waals surface area contributed by atoms with Gasteiger partial charge >= 0.3 is 0 Å². The molecule has 1 aliphatic carbocycles. The van der Waals surface area contributed by atoms with Crippen LogP contribution in [0.2, 0.25) is 0 Å². The zero-order chi connectivity index (χ0) is 11.8. The van der Waals surface area contributed by atoms with E-state index in [2.05, 4.69) is 19.9 Å². The van der Waals surface area contributed by atoms with Gasteiger partial charge in [0.05, 0.1) is 11.5 Å². The van der Waals surface area contributed by atoms with Crippen molar-refractivity contribution in [2.45, 2.75) is 32.1 Å². The summed E-state index contributed by atoms with van der Waals surface area (Å²) in [5.74, 6) is 0.957. The maximum Gasteiger partial charge on any atom is 0.123 e. The van der Waals surface area contributed by atoms with E-state index in [0.29, 0.717) is 11.8 Å². The van der Waals surface area contributed by atoms with Gasteiger partial charge in [-0.2, -0.15) is 5.26 Å². The molecule has 0 aromatic heterocycles. The molecule has 2 rings (SSSR count). The van der Waals surface area contributed by atoms with Gasteiger partial charge in [-0.25, -0.2) is 4.39 Å². The minimum atomic E-state index is -0.433. The molecule has 0 unspecified atom stereocenters. The minimum Gasteiger partial charge on any atom is -0.207 e. The Hall–Kier alpha value is -1.36. The zero-order valence-electron chi connectivity index (χ0n) is 9.70. The SMILES string of the molecule is CC(C)[C@H]1C[C@](C#N)(c2cccc(F)c2)C1. The molecule has 1 saturated carbocycles. The fourth-order valence-corrected chi connectivity index (χ4v) is 2.48. The monoisotopic (exact) mass is 217 g/mol. The summed E-state index contributed by atoms with van der Waals surface area (Å²) in [6.45, 7) is 4.36. The number of hydrogen-bond acceptors (Lipinski definition) is 1. The molecule has 2 heteroatoms. The molecule has 0 atom stereocenters. The van der Waals surface area contributed by atoms with Crippen LogP contribution in [0.5, 0.6) is 0 Å². The van der Waals surface area contributed by atoms with Crippen LogP contribution in [0, 0.1) is 29.0 Å². The lowest BCUT2D eigenvalue weighted by molar-refractivity contribution is 0.144. The van der Waals surface area contributed by atoms with E-state index >= 15 is 0 Å². The summed E-state index contributed by atoms with van der Waals surface area (Å²) in [6, 6.07) is 8.85. The van der Waals surface area contributed by atoms with Crippen molar-refractivity contribution >= 4 is 0 Å². The Morgan fingerprint density at radius 2 is 2.12 bits per heavy atom. The molecule has 0 bridgehead atoms. The van der Waals surface area contributed by atoms with Crippen LogP contribution < -0.4 is 0 Å². The summed E-state index contributed by atoms with van der Waals surface area (Å²) < 4.78 is 13.1. The fraction of sp³-hybridized carbons (Fsp3) is 0.500. The second kappa shape index (κ2) is 3.90. The van der Waals surface area contributed by atoms with Crippen molar-refractivity contribution < 1.29 is 4.39 Å². The third-order valence-corrected chi connectivity index (χ3v) is 3.76. The summed E-state index contributed by atoms with van der Waals surface area (Å²) in [4.78, 5) is 0. The Morgan fingerprint density at radius 1 is 1.44 bits per heavy atom. The van der Waals surface area contributed by atoms with E-state index in [1.54, 1.807) is 6.07 Å². The summed E-state index contributed by atoms with van der Waals surface area (Å²) >= 11 is 0. The topological polar surface area (TPSA) is 23.8 Å². The van der Waals surface area contributed by atoms with Gasteiger partial charge in [0.25, 0.3) is 0 Å². The van der Waals surface area contributed by atoms with Crippen LogP contribution >= 0.6 is 0 Å². The van der Waals surface area contributed by atoms with Crippen molar-refractivity contribution in [3.8, 4) is 6.07 Å². The minimum absolute atomic E-state index is 0.250. The first-order valence-electron chi connectivity index (χ1n) is 5.75. The summed E-state index contributed by atoms with van der Waals surface area (Å²) in [7, 11) is 0. The summed E-state index contributed by atoms with van der Waals surface area (Å²) in [5, 5.41) is 9.31. The second-order valence-corrected chi connectivity index (χ2v) is 5.12. The quantitative estimate of drug-likeness (QED) is 0.741. The summed E-state index contributed by atoms with van der Waals surface area (Å²) in [5.41, 5.74) is 0.406. The molecule has 84 valence electrons. The fourth-order valence-electron chi connectivity index (χ4n) is 2.48. The predicted octanol–water partition coefficient (Wildman–Crippen LogP) is 3.65. The first-order valence-corrected chi connectivity index (χ1v) is 5.75. The molecule has 0 aliphatic heterocycles. The van der Waals surface area contributed by atoms with Crippen LogP contribution in [-0.2, 0) is 5.41 Å². The molecule has 16 heavy (non-hydrogen) atoms. The average molecular weight is 217 g/mol. The highest BCUT2D eigenvalue weighted by Gasteiger charge is 2.46. The number of nitrogens with zero attached hydrogens (tertiary/aromatic N) is 1. The molecule has 0 N–H and O–H groups in total. The van der Waals surface area contributed by atoms with E-state index in [-0.39, 0.29) is 5.82 Å². The average Bonchev–Trinajstić information content (AvgIpc) is 2.16. The number of rotatable bonds is 2. The molecular weight excluding hydrogens is 201 g/mol. The maximum atomic E-state index is 13.1. The van der Waals surface area contributed by atoms with Gasteiger partial charge in [0.15, 0.2) is 0 Å². The van der Waals surface area contributed by atoms with Gasteiger partial charge in [0, 0.05) is 0 Å². The molecule has 1 aliphatic rings. The van der Waals surface area contributed by atoms with E-state index in [4.69, 9.17) is 0 Å². The van der Waals surface area contributed by atoms with E-state index in [9.17, 15) is 9.65 Å². The molecule has 1 fully saturated rings. The van der Waals surface area contributed by atoms with Crippen LogP contribution in [0.15, 0.2) is 24.3 Å². The highest BCUT2D eigenvalue weighted by atomic mass is 19.1. The van der Waals surface area contributed by atoms with E-state index < -0.39 is 5.41 Å². The Balaban J connectivity index is 2.23. The van der Waals surface area contributed by atoms with Gasteiger partial charge in [-0.05, 0) is 42.4 Å². The normalized spacial score (nSPS) is 28.6. The Morgan fingerprint density at radius 3 is 2.62 bits per heavy atom. The van der Waals surface area contributed by atoms with E-state index in [1.807, 2.05) is 6.07 Å². The van der Waals surface area contributed by atoms with Crippen LogP contribution in [0.1, 0.15) is 32.3 Å². The Kier molecular flexibility index (Phi) is 2.71. The van der Waals surface area contributed by atoms with Gasteiger partial charge in [-0.1, -0.05) is 26.0 Å². The van der Waals surface area contributed by atoms with Crippen molar-refractivity contribution in [2.75, 3.05) is 0 Å². The van der Waals surface area contributed by atoms with Gasteiger partial charge < -0.3 is 0 Å². The Labute approximate surface area is 95.9 Å². The highest BCUT2D eigenvalue weighted by molar-refractivity contribution is 5.36. The highest BCUT2D eigenvalue weighted by Crippen LogP contribution is 2.50. The largest absolute Gasteiger partial charge is 0.207 e. The van der Waals surface area contributed by atoms with E-state index in [0.717, 1.165) is 18.4 Å². The molecule has 0 saturated heterocycles. The molecule has 1 aromatic rings. The van der Waals surface area contributed by atoms with Crippen LogP contribution in [0.3, 0.4) is 0 Å². The number of benzene rings is 1.